The minimum atomic E-state index is -0.259. The molecule has 0 amide bonds. The highest BCUT2D eigenvalue weighted by Crippen LogP contribution is 2.34. The molecule has 0 unspecified atom stereocenters. The van der Waals surface area contributed by atoms with Crippen molar-refractivity contribution in [1.82, 2.24) is 58.6 Å². The Bertz CT molecular complexity index is 2820. The highest BCUT2D eigenvalue weighted by atomic mass is 19.1. The van der Waals surface area contributed by atoms with Crippen LogP contribution in [0.3, 0.4) is 0 Å². The van der Waals surface area contributed by atoms with E-state index in [1.165, 1.54) is 24.3 Å². The molecule has 0 bridgehead atoms. The van der Waals surface area contributed by atoms with Gasteiger partial charge in [0, 0.05) is 48.9 Å². The first-order valence-corrected chi connectivity index (χ1v) is 21.5. The Morgan fingerprint density at radius 3 is 1.32 bits per heavy atom. The lowest BCUT2D eigenvalue weighted by molar-refractivity contribution is 0.395. The fourth-order valence-electron chi connectivity index (χ4n) is 7.91. The van der Waals surface area contributed by atoms with Crippen molar-refractivity contribution in [1.29, 1.82) is 0 Å². The van der Waals surface area contributed by atoms with Crippen LogP contribution in [0.15, 0.2) is 97.8 Å². The van der Waals surface area contributed by atoms with Gasteiger partial charge < -0.3 is 28.4 Å². The molecule has 10 rings (SSSR count). The zero-order chi connectivity index (χ0) is 45.9. The van der Waals surface area contributed by atoms with Crippen molar-refractivity contribution >= 4 is 47.6 Å². The lowest BCUT2D eigenvalue weighted by Crippen LogP contribution is -2.36. The molecule has 0 spiro atoms. The van der Waals surface area contributed by atoms with Crippen molar-refractivity contribution in [2.24, 2.45) is 0 Å². The van der Waals surface area contributed by atoms with Gasteiger partial charge in [0.25, 0.3) is 0 Å². The van der Waals surface area contributed by atoms with Crippen molar-refractivity contribution in [3.05, 3.63) is 144 Å². The number of hydrogen-bond donors (Lipinski definition) is 0. The molecule has 66 heavy (non-hydrogen) atoms. The van der Waals surface area contributed by atoms with Crippen LogP contribution in [0.1, 0.15) is 61.1 Å². The number of rotatable bonds is 10. The van der Waals surface area contributed by atoms with Crippen LogP contribution in [-0.2, 0) is 13.1 Å². The molecule has 16 nitrogen and oxygen atoms in total. The first-order chi connectivity index (χ1) is 32.0. The standard InChI is InChI=1S/2C24H24FN7O/c2*1-16-14-30(15-26-16)21-10-6-19(27-23(21)33-3)7-11-22-28-24-31(29-22)13-12-17(2)32(24)20-8-4-18(25)5-9-20/h2*4-11,14-15,17H,12-13H2,1-3H3/b2*11-7+/t2*17-/m10/s1. The average molecular weight is 891 g/mol. The van der Waals surface area contributed by atoms with Gasteiger partial charge in [-0.3, -0.25) is 0 Å². The maximum absolute atomic E-state index is 13.4. The van der Waals surface area contributed by atoms with Crippen molar-refractivity contribution in [2.75, 3.05) is 24.0 Å². The minimum Gasteiger partial charge on any atom is -0.479 e. The van der Waals surface area contributed by atoms with E-state index in [9.17, 15) is 8.78 Å². The molecular weight excluding hydrogens is 843 g/mol. The number of anilines is 4. The number of nitrogens with zero attached hydrogens (tertiary/aromatic N) is 14. The quantitative estimate of drug-likeness (QED) is 0.129. The van der Waals surface area contributed by atoms with Gasteiger partial charge in [-0.15, -0.1) is 10.2 Å². The first-order valence-electron chi connectivity index (χ1n) is 21.5. The predicted octanol–water partition coefficient (Wildman–Crippen LogP) is 8.83. The third kappa shape index (κ3) is 9.15. The molecule has 0 radical (unpaired) electrons. The highest BCUT2D eigenvalue weighted by molar-refractivity contribution is 5.69. The lowest BCUT2D eigenvalue weighted by atomic mass is 10.1. The summed E-state index contributed by atoms with van der Waals surface area (Å²) in [5, 5.41) is 9.27. The van der Waals surface area contributed by atoms with Gasteiger partial charge in [-0.05, 0) is 138 Å². The second kappa shape index (κ2) is 18.6. The summed E-state index contributed by atoms with van der Waals surface area (Å²) in [4.78, 5) is 31.4. The second-order valence-corrected chi connectivity index (χ2v) is 16.0. The summed E-state index contributed by atoms with van der Waals surface area (Å²) in [6, 6.07) is 21.1. The van der Waals surface area contributed by atoms with Crippen LogP contribution in [0.25, 0.3) is 35.7 Å². The molecule has 0 saturated carbocycles. The molecule has 2 aliphatic heterocycles. The summed E-state index contributed by atoms with van der Waals surface area (Å²) in [6.07, 6.45) is 16.5. The second-order valence-electron chi connectivity index (χ2n) is 16.0. The first kappa shape index (κ1) is 43.2. The average Bonchev–Trinajstić information content (AvgIpc) is 4.15. The van der Waals surface area contributed by atoms with Gasteiger partial charge in [0.15, 0.2) is 11.6 Å². The monoisotopic (exact) mass is 890 g/mol. The Hall–Kier alpha value is -8.02. The van der Waals surface area contributed by atoms with E-state index < -0.39 is 0 Å². The molecule has 0 saturated heterocycles. The predicted molar refractivity (Wildman–Crippen MR) is 248 cm³/mol. The van der Waals surface area contributed by atoms with E-state index in [1.807, 2.05) is 93.3 Å². The van der Waals surface area contributed by atoms with E-state index in [1.54, 1.807) is 51.1 Å². The summed E-state index contributed by atoms with van der Waals surface area (Å²) in [5.74, 6) is 3.15. The van der Waals surface area contributed by atoms with E-state index in [4.69, 9.17) is 19.4 Å². The number of hydrogen-bond acceptors (Lipinski definition) is 12. The van der Waals surface area contributed by atoms with E-state index in [0.717, 1.165) is 83.4 Å². The van der Waals surface area contributed by atoms with Gasteiger partial charge in [0.1, 0.15) is 23.0 Å². The van der Waals surface area contributed by atoms with E-state index >= 15 is 0 Å². The fourth-order valence-corrected chi connectivity index (χ4v) is 7.91. The molecule has 0 fully saturated rings. The molecule has 18 heteroatoms. The number of pyridine rings is 2. The minimum absolute atomic E-state index is 0.231. The maximum Gasteiger partial charge on any atom is 0.238 e. The molecule has 0 N–H and O–H groups in total. The summed E-state index contributed by atoms with van der Waals surface area (Å²) >= 11 is 0. The molecule has 2 atom stereocenters. The zero-order valence-electron chi connectivity index (χ0n) is 37.4. The Kier molecular flexibility index (Phi) is 12.2. The number of methoxy groups -OCH3 is 2. The fraction of sp³-hybridized carbons (Fsp3) is 0.250. The number of fused-ring (bicyclic) bond motifs is 2. The van der Waals surface area contributed by atoms with Crippen LogP contribution >= 0.6 is 0 Å². The number of halogens is 2. The zero-order valence-corrected chi connectivity index (χ0v) is 37.4. The third-order valence-electron chi connectivity index (χ3n) is 11.3. The Balaban J connectivity index is 0.000000166. The van der Waals surface area contributed by atoms with E-state index in [-0.39, 0.29) is 23.7 Å². The molecule has 336 valence electrons. The molecular formula is C48H48F2N14O2. The van der Waals surface area contributed by atoms with Gasteiger partial charge in [0.2, 0.25) is 23.7 Å². The van der Waals surface area contributed by atoms with Crippen molar-refractivity contribution in [2.45, 2.75) is 65.7 Å². The largest absolute Gasteiger partial charge is 0.479 e. The van der Waals surface area contributed by atoms with Gasteiger partial charge >= 0.3 is 0 Å². The molecule has 0 aliphatic carbocycles. The highest BCUT2D eigenvalue weighted by Gasteiger charge is 2.29. The topological polar surface area (TPSA) is 148 Å². The normalized spacial score (nSPS) is 15.8. The van der Waals surface area contributed by atoms with Gasteiger partial charge in [-0.1, -0.05) is 0 Å². The van der Waals surface area contributed by atoms with Gasteiger partial charge in [0.05, 0.1) is 49.6 Å². The molecule has 8 aromatic rings. The van der Waals surface area contributed by atoms with Crippen LogP contribution < -0.4 is 19.3 Å². The van der Waals surface area contributed by atoms with Gasteiger partial charge in [-0.2, -0.15) is 9.97 Å². The Morgan fingerprint density at radius 2 is 0.955 bits per heavy atom. The maximum atomic E-state index is 13.4. The number of benzene rings is 2. The van der Waals surface area contributed by atoms with Crippen LogP contribution in [-0.4, -0.2) is 84.9 Å². The summed E-state index contributed by atoms with van der Waals surface area (Å²) in [7, 11) is 3.19. The Morgan fingerprint density at radius 1 is 0.545 bits per heavy atom. The number of aromatic nitrogens is 12. The number of imidazole rings is 2. The van der Waals surface area contributed by atoms with Crippen molar-refractivity contribution < 1.29 is 18.3 Å². The summed E-state index contributed by atoms with van der Waals surface area (Å²) in [6.45, 7) is 9.69. The van der Waals surface area contributed by atoms with Gasteiger partial charge in [-0.25, -0.2) is 38.1 Å². The summed E-state index contributed by atoms with van der Waals surface area (Å²) < 4.78 is 45.3. The third-order valence-corrected chi connectivity index (χ3v) is 11.3. The molecule has 2 aromatic carbocycles. The molecule has 8 heterocycles. The smallest absolute Gasteiger partial charge is 0.238 e. The van der Waals surface area contributed by atoms with Crippen molar-refractivity contribution in [3.63, 3.8) is 0 Å². The number of ether oxygens (including phenoxy) is 2. The lowest BCUT2D eigenvalue weighted by Gasteiger charge is -2.34. The molecule has 2 aliphatic rings. The van der Waals surface area contributed by atoms with Crippen LogP contribution in [0, 0.1) is 25.5 Å². The SMILES string of the molecule is COc1nc(/C=C/c2nc3n(n2)CC[C@@H](C)N3c2ccc(F)cc2)ccc1-n1cnc(C)c1.COc1nc(/C=C/c2nc3n(n2)CC[C@H](C)N3c2ccc(F)cc2)ccc1-n1cnc(C)c1. The summed E-state index contributed by atoms with van der Waals surface area (Å²) in [5.41, 5.74) is 6.70. The van der Waals surface area contributed by atoms with Crippen molar-refractivity contribution in [3.8, 4) is 23.1 Å². The van der Waals surface area contributed by atoms with E-state index in [0.29, 0.717) is 23.4 Å². The van der Waals surface area contributed by atoms with Crippen LogP contribution in [0.5, 0.6) is 11.8 Å². The van der Waals surface area contributed by atoms with E-state index in [2.05, 4.69) is 53.8 Å². The van der Waals surface area contributed by atoms with Crippen LogP contribution in [0.4, 0.5) is 32.1 Å². The number of aryl methyl sites for hydroxylation is 4. The Labute approximate surface area is 380 Å². The van der Waals surface area contributed by atoms with Crippen LogP contribution in [0.2, 0.25) is 0 Å². The molecule has 6 aromatic heterocycles.